The standard InChI is InChI=1S/C17H30N2O2/c1-13-6-5-9-19(12-13)15(20)14-7-10-18(11-8-14)16(21)17(2,3)4/h13-14H,5-12H2,1-4H3. The van der Waals surface area contributed by atoms with E-state index in [1.807, 2.05) is 25.7 Å². The molecule has 0 saturated carbocycles. The van der Waals surface area contributed by atoms with Crippen molar-refractivity contribution in [3.05, 3.63) is 0 Å². The Morgan fingerprint density at radius 1 is 0.952 bits per heavy atom. The van der Waals surface area contributed by atoms with E-state index in [0.717, 1.165) is 45.4 Å². The van der Waals surface area contributed by atoms with Gasteiger partial charge in [0.1, 0.15) is 0 Å². The zero-order chi connectivity index (χ0) is 15.6. The van der Waals surface area contributed by atoms with Crippen molar-refractivity contribution in [2.45, 2.75) is 53.4 Å². The van der Waals surface area contributed by atoms with Crippen molar-refractivity contribution in [1.82, 2.24) is 9.80 Å². The van der Waals surface area contributed by atoms with Crippen LogP contribution in [-0.4, -0.2) is 47.8 Å². The molecule has 0 spiro atoms. The Morgan fingerprint density at radius 2 is 1.57 bits per heavy atom. The number of piperidine rings is 2. The third-order valence-corrected chi connectivity index (χ3v) is 4.74. The number of hydrogen-bond acceptors (Lipinski definition) is 2. The Kier molecular flexibility index (Phi) is 4.95. The van der Waals surface area contributed by atoms with Gasteiger partial charge in [-0.3, -0.25) is 9.59 Å². The van der Waals surface area contributed by atoms with Gasteiger partial charge in [-0.15, -0.1) is 0 Å². The summed E-state index contributed by atoms with van der Waals surface area (Å²) in [5.41, 5.74) is -0.320. The van der Waals surface area contributed by atoms with Crippen molar-refractivity contribution in [3.8, 4) is 0 Å². The van der Waals surface area contributed by atoms with Crippen molar-refractivity contribution in [3.63, 3.8) is 0 Å². The van der Waals surface area contributed by atoms with Crippen LogP contribution in [0.2, 0.25) is 0 Å². The normalized spacial score (nSPS) is 25.0. The van der Waals surface area contributed by atoms with Gasteiger partial charge in [-0.1, -0.05) is 27.7 Å². The van der Waals surface area contributed by atoms with E-state index < -0.39 is 0 Å². The fourth-order valence-electron chi connectivity index (χ4n) is 3.45. The molecule has 0 radical (unpaired) electrons. The lowest BCUT2D eigenvalue weighted by atomic mass is 9.89. The first kappa shape index (κ1) is 16.3. The summed E-state index contributed by atoms with van der Waals surface area (Å²) in [5.74, 6) is 1.29. The molecule has 2 aliphatic rings. The average Bonchev–Trinajstić information content (AvgIpc) is 2.45. The van der Waals surface area contributed by atoms with Crippen molar-refractivity contribution in [1.29, 1.82) is 0 Å². The van der Waals surface area contributed by atoms with Gasteiger partial charge in [0.05, 0.1) is 0 Å². The summed E-state index contributed by atoms with van der Waals surface area (Å²) in [6.45, 7) is 11.4. The maximum Gasteiger partial charge on any atom is 0.227 e. The Balaban J connectivity index is 1.86. The first-order chi connectivity index (χ1) is 9.79. The van der Waals surface area contributed by atoms with Crippen LogP contribution < -0.4 is 0 Å². The fraction of sp³-hybridized carbons (Fsp3) is 0.882. The van der Waals surface area contributed by atoms with Crippen LogP contribution in [0.4, 0.5) is 0 Å². The number of likely N-dealkylation sites (tertiary alicyclic amines) is 2. The van der Waals surface area contributed by atoms with Crippen LogP contribution in [0.25, 0.3) is 0 Å². The van der Waals surface area contributed by atoms with E-state index >= 15 is 0 Å². The number of carbonyl (C=O) groups is 2. The Hall–Kier alpha value is -1.06. The molecule has 0 aromatic heterocycles. The minimum atomic E-state index is -0.320. The lowest BCUT2D eigenvalue weighted by Crippen LogP contribution is -2.48. The molecule has 1 unspecified atom stereocenters. The van der Waals surface area contributed by atoms with E-state index in [0.29, 0.717) is 11.8 Å². The van der Waals surface area contributed by atoms with E-state index in [1.165, 1.54) is 6.42 Å². The second-order valence-electron chi connectivity index (χ2n) is 7.85. The molecule has 2 aliphatic heterocycles. The van der Waals surface area contributed by atoms with Crippen LogP contribution in [0.3, 0.4) is 0 Å². The largest absolute Gasteiger partial charge is 0.342 e. The van der Waals surface area contributed by atoms with Crippen molar-refractivity contribution in [2.24, 2.45) is 17.3 Å². The highest BCUT2D eigenvalue weighted by molar-refractivity contribution is 5.82. The maximum absolute atomic E-state index is 12.6. The van der Waals surface area contributed by atoms with E-state index in [1.54, 1.807) is 0 Å². The van der Waals surface area contributed by atoms with E-state index in [2.05, 4.69) is 11.8 Å². The summed E-state index contributed by atoms with van der Waals surface area (Å²) in [4.78, 5) is 28.9. The molecule has 0 aromatic rings. The minimum Gasteiger partial charge on any atom is -0.342 e. The smallest absolute Gasteiger partial charge is 0.227 e. The Morgan fingerprint density at radius 3 is 2.10 bits per heavy atom. The van der Waals surface area contributed by atoms with Crippen LogP contribution in [0, 0.1) is 17.3 Å². The van der Waals surface area contributed by atoms with Crippen LogP contribution in [0.15, 0.2) is 0 Å². The van der Waals surface area contributed by atoms with Gasteiger partial charge in [0.15, 0.2) is 0 Å². The summed E-state index contributed by atoms with van der Waals surface area (Å²) in [7, 11) is 0. The van der Waals surface area contributed by atoms with Gasteiger partial charge in [-0.05, 0) is 31.6 Å². The van der Waals surface area contributed by atoms with E-state index in [4.69, 9.17) is 0 Å². The molecule has 0 bridgehead atoms. The lowest BCUT2D eigenvalue weighted by Gasteiger charge is -2.38. The topological polar surface area (TPSA) is 40.6 Å². The van der Waals surface area contributed by atoms with Gasteiger partial charge in [0.25, 0.3) is 0 Å². The molecule has 1 atom stereocenters. The van der Waals surface area contributed by atoms with Gasteiger partial charge in [-0.2, -0.15) is 0 Å². The summed E-state index contributed by atoms with van der Waals surface area (Å²) in [5, 5.41) is 0. The monoisotopic (exact) mass is 294 g/mol. The highest BCUT2D eigenvalue weighted by Crippen LogP contribution is 2.26. The van der Waals surface area contributed by atoms with Gasteiger partial charge < -0.3 is 9.80 Å². The number of nitrogens with zero attached hydrogens (tertiary/aromatic N) is 2. The zero-order valence-electron chi connectivity index (χ0n) is 14.0. The van der Waals surface area contributed by atoms with Crippen molar-refractivity contribution >= 4 is 11.8 Å². The molecule has 2 amide bonds. The Bertz CT molecular complexity index is 392. The third-order valence-electron chi connectivity index (χ3n) is 4.74. The number of rotatable bonds is 1. The zero-order valence-corrected chi connectivity index (χ0v) is 14.0. The molecule has 2 rings (SSSR count). The Labute approximate surface area is 128 Å². The number of amides is 2. The fourth-order valence-corrected chi connectivity index (χ4v) is 3.45. The second-order valence-corrected chi connectivity index (χ2v) is 7.85. The second kappa shape index (κ2) is 6.37. The summed E-state index contributed by atoms with van der Waals surface area (Å²) < 4.78 is 0. The van der Waals surface area contributed by atoms with Crippen LogP contribution in [-0.2, 0) is 9.59 Å². The highest BCUT2D eigenvalue weighted by Gasteiger charge is 2.34. The average molecular weight is 294 g/mol. The van der Waals surface area contributed by atoms with Gasteiger partial charge in [0.2, 0.25) is 11.8 Å². The molecule has 2 heterocycles. The molecule has 0 aliphatic carbocycles. The van der Waals surface area contributed by atoms with Crippen LogP contribution in [0.5, 0.6) is 0 Å². The molecule has 2 fully saturated rings. The van der Waals surface area contributed by atoms with E-state index in [-0.39, 0.29) is 17.2 Å². The number of carbonyl (C=O) groups excluding carboxylic acids is 2. The SMILES string of the molecule is CC1CCCN(C(=O)C2CCN(C(=O)C(C)(C)C)CC2)C1. The lowest BCUT2D eigenvalue weighted by molar-refractivity contribution is -0.145. The molecule has 0 aromatic carbocycles. The van der Waals surface area contributed by atoms with Gasteiger partial charge >= 0.3 is 0 Å². The molecular weight excluding hydrogens is 264 g/mol. The molecule has 21 heavy (non-hydrogen) atoms. The third kappa shape index (κ3) is 3.98. The molecule has 2 saturated heterocycles. The van der Waals surface area contributed by atoms with E-state index in [9.17, 15) is 9.59 Å². The first-order valence-electron chi connectivity index (χ1n) is 8.37. The highest BCUT2D eigenvalue weighted by atomic mass is 16.2. The van der Waals surface area contributed by atoms with Crippen molar-refractivity contribution < 1.29 is 9.59 Å². The number of hydrogen-bond donors (Lipinski definition) is 0. The quantitative estimate of drug-likeness (QED) is 0.745. The summed E-state index contributed by atoms with van der Waals surface area (Å²) in [6.07, 6.45) is 4.02. The van der Waals surface area contributed by atoms with Crippen LogP contribution in [0.1, 0.15) is 53.4 Å². The first-order valence-corrected chi connectivity index (χ1v) is 8.37. The minimum absolute atomic E-state index is 0.124. The summed E-state index contributed by atoms with van der Waals surface area (Å²) in [6, 6.07) is 0. The molecule has 4 nitrogen and oxygen atoms in total. The molecule has 0 N–H and O–H groups in total. The predicted molar refractivity (Wildman–Crippen MR) is 83.7 cm³/mol. The molecular formula is C17H30N2O2. The maximum atomic E-state index is 12.6. The predicted octanol–water partition coefficient (Wildman–Crippen LogP) is 2.53. The summed E-state index contributed by atoms with van der Waals surface area (Å²) >= 11 is 0. The van der Waals surface area contributed by atoms with Gasteiger partial charge in [0, 0.05) is 37.5 Å². The van der Waals surface area contributed by atoms with Crippen LogP contribution >= 0.6 is 0 Å². The van der Waals surface area contributed by atoms with Gasteiger partial charge in [-0.25, -0.2) is 0 Å². The molecule has 120 valence electrons. The molecule has 4 heteroatoms. The van der Waals surface area contributed by atoms with Crippen molar-refractivity contribution in [2.75, 3.05) is 26.2 Å².